The van der Waals surface area contributed by atoms with Gasteiger partial charge in [-0.1, -0.05) is 25.8 Å². The zero-order chi connectivity index (χ0) is 8.97. The van der Waals surface area contributed by atoms with Crippen molar-refractivity contribution in [2.24, 2.45) is 11.7 Å². The molecule has 0 aliphatic carbocycles. The SMILES string of the molecule is CC(C)SN1CCC(CN)CC1. The zero-order valence-corrected chi connectivity index (χ0v) is 8.94. The second-order valence-electron chi connectivity index (χ2n) is 3.76. The van der Waals surface area contributed by atoms with Crippen molar-refractivity contribution in [3.05, 3.63) is 0 Å². The lowest BCUT2D eigenvalue weighted by atomic mass is 9.99. The summed E-state index contributed by atoms with van der Waals surface area (Å²) < 4.78 is 2.48. The van der Waals surface area contributed by atoms with Crippen LogP contribution in [0.3, 0.4) is 0 Å². The van der Waals surface area contributed by atoms with Crippen molar-refractivity contribution in [1.29, 1.82) is 0 Å². The molecule has 0 unspecified atom stereocenters. The van der Waals surface area contributed by atoms with E-state index in [-0.39, 0.29) is 0 Å². The van der Waals surface area contributed by atoms with Crippen molar-refractivity contribution in [1.82, 2.24) is 4.31 Å². The molecule has 0 amide bonds. The number of hydrogen-bond donors (Lipinski definition) is 1. The van der Waals surface area contributed by atoms with Gasteiger partial charge < -0.3 is 5.73 Å². The van der Waals surface area contributed by atoms with E-state index in [9.17, 15) is 0 Å². The summed E-state index contributed by atoms with van der Waals surface area (Å²) in [4.78, 5) is 0. The highest BCUT2D eigenvalue weighted by atomic mass is 32.2. The first-order valence-corrected chi connectivity index (χ1v) is 5.67. The van der Waals surface area contributed by atoms with E-state index in [4.69, 9.17) is 5.73 Å². The summed E-state index contributed by atoms with van der Waals surface area (Å²) in [5.41, 5.74) is 5.62. The monoisotopic (exact) mass is 188 g/mol. The highest BCUT2D eigenvalue weighted by Gasteiger charge is 2.18. The Morgan fingerprint density at radius 2 is 2.00 bits per heavy atom. The number of hydrogen-bond acceptors (Lipinski definition) is 3. The van der Waals surface area contributed by atoms with Crippen LogP contribution in [0.2, 0.25) is 0 Å². The van der Waals surface area contributed by atoms with Crippen LogP contribution in [0, 0.1) is 5.92 Å². The van der Waals surface area contributed by atoms with Gasteiger partial charge in [0, 0.05) is 18.3 Å². The van der Waals surface area contributed by atoms with Crippen LogP contribution in [0.1, 0.15) is 26.7 Å². The third kappa shape index (κ3) is 3.33. The first-order chi connectivity index (χ1) is 5.72. The van der Waals surface area contributed by atoms with Crippen LogP contribution in [0.15, 0.2) is 0 Å². The second kappa shape index (κ2) is 5.10. The molecule has 3 heteroatoms. The Morgan fingerprint density at radius 1 is 1.42 bits per heavy atom. The van der Waals surface area contributed by atoms with E-state index in [0.29, 0.717) is 0 Å². The minimum atomic E-state index is 0.722. The molecule has 2 N–H and O–H groups in total. The summed E-state index contributed by atoms with van der Waals surface area (Å²) in [6, 6.07) is 0. The average Bonchev–Trinajstić information content (AvgIpc) is 2.05. The third-order valence-corrected chi connectivity index (χ3v) is 3.35. The lowest BCUT2D eigenvalue weighted by molar-refractivity contribution is 0.296. The predicted octanol–water partition coefficient (Wildman–Crippen LogP) is 1.71. The van der Waals surface area contributed by atoms with Crippen LogP contribution >= 0.6 is 11.9 Å². The topological polar surface area (TPSA) is 29.3 Å². The first-order valence-electron chi connectivity index (χ1n) is 4.84. The summed E-state index contributed by atoms with van der Waals surface area (Å²) in [5.74, 6) is 0.786. The lowest BCUT2D eigenvalue weighted by Gasteiger charge is -2.31. The highest BCUT2D eigenvalue weighted by Crippen LogP contribution is 2.24. The molecule has 0 spiro atoms. The quantitative estimate of drug-likeness (QED) is 0.684. The molecule has 0 saturated carbocycles. The molecule has 0 bridgehead atoms. The molecule has 0 aromatic carbocycles. The normalized spacial score (nSPS) is 22.0. The van der Waals surface area contributed by atoms with Gasteiger partial charge in [-0.05, 0) is 25.3 Å². The Kier molecular flexibility index (Phi) is 4.40. The summed E-state index contributed by atoms with van der Waals surface area (Å²) in [6.45, 7) is 7.83. The van der Waals surface area contributed by atoms with Gasteiger partial charge in [0.25, 0.3) is 0 Å². The Hall–Kier alpha value is 0.270. The Morgan fingerprint density at radius 3 is 2.42 bits per heavy atom. The van der Waals surface area contributed by atoms with E-state index in [2.05, 4.69) is 18.2 Å². The predicted molar refractivity (Wildman–Crippen MR) is 56.1 cm³/mol. The van der Waals surface area contributed by atoms with E-state index in [1.807, 2.05) is 11.9 Å². The molecule has 2 nitrogen and oxygen atoms in total. The summed E-state index contributed by atoms with van der Waals surface area (Å²) in [7, 11) is 0. The standard InChI is InChI=1S/C9H20N2S/c1-8(2)12-11-5-3-9(7-10)4-6-11/h8-9H,3-7,10H2,1-2H3. The van der Waals surface area contributed by atoms with Crippen molar-refractivity contribution < 1.29 is 0 Å². The number of rotatable bonds is 3. The molecule has 1 fully saturated rings. The van der Waals surface area contributed by atoms with Gasteiger partial charge in [0.2, 0.25) is 0 Å². The molecule has 0 aromatic rings. The zero-order valence-electron chi connectivity index (χ0n) is 8.12. The molecule has 0 atom stereocenters. The van der Waals surface area contributed by atoms with Crippen LogP contribution in [0.25, 0.3) is 0 Å². The number of nitrogens with zero attached hydrogens (tertiary/aromatic N) is 1. The number of piperidine rings is 1. The third-order valence-electron chi connectivity index (χ3n) is 2.27. The second-order valence-corrected chi connectivity index (χ2v) is 5.43. The maximum Gasteiger partial charge on any atom is 0.0138 e. The molecule has 1 heterocycles. The molecule has 1 saturated heterocycles. The minimum absolute atomic E-state index is 0.722. The fraction of sp³-hybridized carbons (Fsp3) is 1.00. The van der Waals surface area contributed by atoms with Crippen molar-refractivity contribution in [2.75, 3.05) is 19.6 Å². The molecule has 1 aliphatic heterocycles. The summed E-state index contributed by atoms with van der Waals surface area (Å²) >= 11 is 1.98. The Labute approximate surface area is 80.0 Å². The van der Waals surface area contributed by atoms with E-state index in [1.165, 1.54) is 25.9 Å². The average molecular weight is 188 g/mol. The molecule has 0 aromatic heterocycles. The van der Waals surface area contributed by atoms with Crippen LogP contribution in [0.4, 0.5) is 0 Å². The van der Waals surface area contributed by atoms with Gasteiger partial charge >= 0.3 is 0 Å². The summed E-state index contributed by atoms with van der Waals surface area (Å²) in [6.07, 6.45) is 2.58. The van der Waals surface area contributed by atoms with Gasteiger partial charge in [-0.2, -0.15) is 0 Å². The first kappa shape index (κ1) is 10.4. The molecule has 12 heavy (non-hydrogen) atoms. The van der Waals surface area contributed by atoms with E-state index >= 15 is 0 Å². The van der Waals surface area contributed by atoms with Crippen LogP contribution in [-0.2, 0) is 0 Å². The fourth-order valence-corrected chi connectivity index (χ4v) is 2.57. The lowest BCUT2D eigenvalue weighted by Crippen LogP contribution is -2.32. The highest BCUT2D eigenvalue weighted by molar-refractivity contribution is 7.97. The molecule has 72 valence electrons. The molecule has 1 aliphatic rings. The van der Waals surface area contributed by atoms with Gasteiger partial charge in [-0.3, -0.25) is 4.31 Å². The van der Waals surface area contributed by atoms with Crippen LogP contribution in [-0.4, -0.2) is 29.2 Å². The van der Waals surface area contributed by atoms with Gasteiger partial charge in [0.05, 0.1) is 0 Å². The Bertz CT molecular complexity index is 120. The molecular weight excluding hydrogens is 168 g/mol. The van der Waals surface area contributed by atoms with Crippen LogP contribution in [0.5, 0.6) is 0 Å². The van der Waals surface area contributed by atoms with E-state index < -0.39 is 0 Å². The van der Waals surface area contributed by atoms with Gasteiger partial charge in [-0.15, -0.1) is 0 Å². The van der Waals surface area contributed by atoms with E-state index in [1.54, 1.807) is 0 Å². The van der Waals surface area contributed by atoms with Gasteiger partial charge in [0.15, 0.2) is 0 Å². The van der Waals surface area contributed by atoms with E-state index in [0.717, 1.165) is 17.7 Å². The molecule has 1 rings (SSSR count). The minimum Gasteiger partial charge on any atom is -0.330 e. The van der Waals surface area contributed by atoms with Crippen molar-refractivity contribution in [3.8, 4) is 0 Å². The van der Waals surface area contributed by atoms with Crippen molar-refractivity contribution >= 4 is 11.9 Å². The van der Waals surface area contributed by atoms with Gasteiger partial charge in [-0.25, -0.2) is 0 Å². The smallest absolute Gasteiger partial charge is 0.0138 e. The summed E-state index contributed by atoms with van der Waals surface area (Å²) in [5, 5.41) is 0.722. The number of nitrogens with two attached hydrogens (primary N) is 1. The van der Waals surface area contributed by atoms with Crippen LogP contribution < -0.4 is 5.73 Å². The maximum absolute atomic E-state index is 5.62. The van der Waals surface area contributed by atoms with Crippen molar-refractivity contribution in [2.45, 2.75) is 31.9 Å². The fourth-order valence-electron chi connectivity index (χ4n) is 1.55. The van der Waals surface area contributed by atoms with Crippen molar-refractivity contribution in [3.63, 3.8) is 0 Å². The Balaban J connectivity index is 2.17. The van der Waals surface area contributed by atoms with Gasteiger partial charge in [0.1, 0.15) is 0 Å². The largest absolute Gasteiger partial charge is 0.330 e. The molecular formula is C9H20N2S. The molecule has 0 radical (unpaired) electrons. The maximum atomic E-state index is 5.62.